The van der Waals surface area contributed by atoms with E-state index in [-0.39, 0.29) is 32.2 Å². The number of benzene rings is 1. The summed E-state index contributed by atoms with van der Waals surface area (Å²) >= 11 is 2.03. The zero-order chi connectivity index (χ0) is 8.48. The molecule has 1 aromatic carbocycles. The summed E-state index contributed by atoms with van der Waals surface area (Å²) in [6.07, 6.45) is 0. The van der Waals surface area contributed by atoms with Gasteiger partial charge in [-0.15, -0.1) is 0 Å². The summed E-state index contributed by atoms with van der Waals surface area (Å²) in [5.41, 5.74) is 0. The van der Waals surface area contributed by atoms with E-state index < -0.39 is 10.1 Å². The van der Waals surface area contributed by atoms with Crippen LogP contribution >= 0.6 is 22.6 Å². The molecule has 0 heterocycles. The maximum absolute atomic E-state index is 10.4. The standard InChI is InChI=1S/C6H5IO3S.Tl/c7-5-1-3-6(4-2-5)11(8,9)10;/h1-4H,(H,8,9,10);/q;+1/p-1. The van der Waals surface area contributed by atoms with Crippen molar-refractivity contribution in [3.05, 3.63) is 27.8 Å². The van der Waals surface area contributed by atoms with Gasteiger partial charge in [0, 0.05) is 3.57 Å². The molecular formula is C6H4IO3STl. The van der Waals surface area contributed by atoms with Gasteiger partial charge in [0.15, 0.2) is 0 Å². The zero-order valence-corrected chi connectivity index (χ0v) is 13.4. The van der Waals surface area contributed by atoms with E-state index >= 15 is 0 Å². The van der Waals surface area contributed by atoms with Crippen LogP contribution in [0.15, 0.2) is 29.2 Å². The molecule has 0 aliphatic rings. The molecule has 0 aliphatic carbocycles. The molecule has 1 rings (SSSR count). The van der Waals surface area contributed by atoms with E-state index in [2.05, 4.69) is 0 Å². The van der Waals surface area contributed by atoms with Gasteiger partial charge in [-0.1, -0.05) is 0 Å². The smallest absolute Gasteiger partial charge is 0.744 e. The van der Waals surface area contributed by atoms with Crippen LogP contribution in [0.2, 0.25) is 0 Å². The Hall–Kier alpha value is 0.782. The molecular weight excluding hydrogens is 483 g/mol. The molecule has 62 valence electrons. The maximum atomic E-state index is 10.4. The fraction of sp³-hybridized carbons (Fsp3) is 0. The molecule has 0 N–H and O–H groups in total. The molecule has 3 nitrogen and oxygen atoms in total. The molecule has 1 aromatic rings. The normalized spacial score (nSPS) is 10.5. The summed E-state index contributed by atoms with van der Waals surface area (Å²) in [6.45, 7) is 0. The van der Waals surface area contributed by atoms with Gasteiger partial charge in [0.25, 0.3) is 0 Å². The minimum absolute atomic E-state index is 0. The molecule has 0 bridgehead atoms. The molecule has 0 radical (unpaired) electrons. The molecule has 0 saturated heterocycles. The molecule has 0 amide bonds. The van der Waals surface area contributed by atoms with Crippen LogP contribution in [-0.4, -0.2) is 40.3 Å². The topological polar surface area (TPSA) is 57.2 Å². The van der Waals surface area contributed by atoms with Crippen LogP contribution in [0, 0.1) is 3.57 Å². The van der Waals surface area contributed by atoms with Crippen LogP contribution in [0.5, 0.6) is 0 Å². The van der Waals surface area contributed by atoms with Crippen molar-refractivity contribution in [1.82, 2.24) is 0 Å². The van der Waals surface area contributed by atoms with E-state index in [1.165, 1.54) is 12.1 Å². The number of rotatable bonds is 1. The van der Waals surface area contributed by atoms with Crippen molar-refractivity contribution in [3.63, 3.8) is 0 Å². The van der Waals surface area contributed by atoms with Crippen molar-refractivity contribution in [2.45, 2.75) is 4.90 Å². The Labute approximate surface area is 105 Å². The van der Waals surface area contributed by atoms with Gasteiger partial charge >= 0.3 is 27.3 Å². The monoisotopic (exact) mass is 488 g/mol. The molecule has 0 aliphatic heterocycles. The largest absolute Gasteiger partial charge is 1.00 e. The Morgan fingerprint density at radius 3 is 1.92 bits per heavy atom. The second-order valence-corrected chi connectivity index (χ2v) is 4.53. The predicted molar refractivity (Wildman–Crippen MR) is 52.9 cm³/mol. The third-order valence-electron chi connectivity index (χ3n) is 1.10. The molecule has 12 heavy (non-hydrogen) atoms. The SMILES string of the molecule is O=S(=O)([O-])c1ccc(I)cc1.[Tl+]. The second-order valence-electron chi connectivity index (χ2n) is 1.91. The molecule has 0 saturated carbocycles. The third kappa shape index (κ3) is 3.66. The summed E-state index contributed by atoms with van der Waals surface area (Å²) < 4.78 is 32.1. The average molecular weight is 487 g/mol. The van der Waals surface area contributed by atoms with Crippen LogP contribution in [0.4, 0.5) is 0 Å². The molecule has 0 aromatic heterocycles. The van der Waals surface area contributed by atoms with Crippen LogP contribution in [-0.2, 0) is 10.1 Å². The van der Waals surface area contributed by atoms with E-state index in [4.69, 9.17) is 0 Å². The number of halogens is 1. The molecule has 0 unspecified atom stereocenters. The van der Waals surface area contributed by atoms with E-state index in [0.717, 1.165) is 3.57 Å². The average Bonchev–Trinajstić information content (AvgIpc) is 1.86. The minimum atomic E-state index is -4.27. The Morgan fingerprint density at radius 2 is 1.58 bits per heavy atom. The number of hydrogen-bond acceptors (Lipinski definition) is 3. The van der Waals surface area contributed by atoms with Crippen molar-refractivity contribution < 1.29 is 13.0 Å². The van der Waals surface area contributed by atoms with Gasteiger partial charge in [-0.2, -0.15) is 0 Å². The minimum Gasteiger partial charge on any atom is -0.744 e. The summed E-state index contributed by atoms with van der Waals surface area (Å²) in [7, 11) is -4.27. The Kier molecular flexibility index (Phi) is 5.18. The first-order chi connectivity index (χ1) is 5.00. The summed E-state index contributed by atoms with van der Waals surface area (Å²) in [5, 5.41) is 0. The van der Waals surface area contributed by atoms with Crippen LogP contribution in [0.3, 0.4) is 0 Å². The van der Waals surface area contributed by atoms with Gasteiger partial charge in [0.2, 0.25) is 0 Å². The van der Waals surface area contributed by atoms with Crippen LogP contribution in [0.25, 0.3) is 0 Å². The van der Waals surface area contributed by atoms with Crippen molar-refractivity contribution in [1.29, 1.82) is 0 Å². The Bertz CT molecular complexity index is 346. The van der Waals surface area contributed by atoms with Crippen LogP contribution in [0.1, 0.15) is 0 Å². The Morgan fingerprint density at radius 1 is 1.17 bits per heavy atom. The van der Waals surface area contributed by atoms with Crippen molar-refractivity contribution in [2.24, 2.45) is 0 Å². The maximum Gasteiger partial charge on any atom is 1.00 e. The third-order valence-corrected chi connectivity index (χ3v) is 2.67. The summed E-state index contributed by atoms with van der Waals surface area (Å²) in [5.74, 6) is 0. The fourth-order valence-electron chi connectivity index (χ4n) is 0.601. The van der Waals surface area contributed by atoms with E-state index in [1.807, 2.05) is 22.6 Å². The molecule has 6 heteroatoms. The van der Waals surface area contributed by atoms with E-state index in [9.17, 15) is 13.0 Å². The van der Waals surface area contributed by atoms with Crippen molar-refractivity contribution in [2.75, 3.05) is 0 Å². The molecule has 0 fully saturated rings. The van der Waals surface area contributed by atoms with Gasteiger partial charge < -0.3 is 4.55 Å². The van der Waals surface area contributed by atoms with Crippen LogP contribution < -0.4 is 0 Å². The van der Waals surface area contributed by atoms with E-state index in [1.54, 1.807) is 12.1 Å². The van der Waals surface area contributed by atoms with Crippen molar-refractivity contribution in [3.8, 4) is 0 Å². The first-order valence-corrected chi connectivity index (χ1v) is 5.20. The quantitative estimate of drug-likeness (QED) is 0.335. The Balaban J connectivity index is 0.00000121. The van der Waals surface area contributed by atoms with Gasteiger partial charge in [0.1, 0.15) is 10.1 Å². The fourth-order valence-corrected chi connectivity index (χ4v) is 1.43. The number of hydrogen-bond donors (Lipinski definition) is 0. The first-order valence-electron chi connectivity index (χ1n) is 2.71. The zero-order valence-electron chi connectivity index (χ0n) is 5.90. The van der Waals surface area contributed by atoms with E-state index in [0.29, 0.717) is 0 Å². The first kappa shape index (κ1) is 12.8. The van der Waals surface area contributed by atoms with Gasteiger partial charge in [-0.25, -0.2) is 8.42 Å². The molecule has 0 spiro atoms. The van der Waals surface area contributed by atoms with Gasteiger partial charge in [-0.05, 0) is 46.9 Å². The summed E-state index contributed by atoms with van der Waals surface area (Å²) in [6, 6.07) is 5.74. The molecule has 0 atom stereocenters. The van der Waals surface area contributed by atoms with Crippen molar-refractivity contribution >= 4 is 60.0 Å². The second kappa shape index (κ2) is 4.86. The summed E-state index contributed by atoms with van der Waals surface area (Å²) in [4.78, 5) is -0.182. The van der Waals surface area contributed by atoms with Gasteiger partial charge in [-0.3, -0.25) is 0 Å². The van der Waals surface area contributed by atoms with Gasteiger partial charge in [0.05, 0.1) is 4.90 Å². The predicted octanol–water partition coefficient (Wildman–Crippen LogP) is 0.815.